The quantitative estimate of drug-likeness (QED) is 0.885. The van der Waals surface area contributed by atoms with E-state index in [1.165, 1.54) is 5.56 Å². The lowest BCUT2D eigenvalue weighted by atomic mass is 10.1. The highest BCUT2D eigenvalue weighted by molar-refractivity contribution is 9.10. The van der Waals surface area contributed by atoms with Crippen molar-refractivity contribution in [3.8, 4) is 0 Å². The molecule has 4 heteroatoms. The first-order valence-corrected chi connectivity index (χ1v) is 7.63. The van der Waals surface area contributed by atoms with Gasteiger partial charge in [-0.15, -0.1) is 0 Å². The molecular formula is C17H19BrN2O. The van der Waals surface area contributed by atoms with Crippen molar-refractivity contribution < 1.29 is 4.79 Å². The number of nitrogens with zero attached hydrogens (tertiary/aromatic N) is 1. The summed E-state index contributed by atoms with van der Waals surface area (Å²) in [5.41, 5.74) is 3.41. The van der Waals surface area contributed by atoms with Crippen molar-refractivity contribution in [2.75, 3.05) is 12.4 Å². The molecule has 0 aliphatic rings. The second kappa shape index (κ2) is 7.27. The summed E-state index contributed by atoms with van der Waals surface area (Å²) >= 11 is 3.43. The molecule has 1 N–H and O–H groups in total. The molecule has 0 heterocycles. The molecule has 0 bridgehead atoms. The summed E-state index contributed by atoms with van der Waals surface area (Å²) in [4.78, 5) is 13.0. The Hall–Kier alpha value is -1.81. The Bertz CT molecular complexity index is 610. The number of hydrogen-bond acceptors (Lipinski definition) is 2. The molecule has 0 unspecified atom stereocenters. The Balaban J connectivity index is 1.97. The van der Waals surface area contributed by atoms with Crippen LogP contribution in [0.15, 0.2) is 53.0 Å². The van der Waals surface area contributed by atoms with Crippen molar-refractivity contribution in [2.45, 2.75) is 20.0 Å². The largest absolute Gasteiger partial charge is 0.381 e. The SMILES string of the molecule is CC(=O)N(C)Cc1cccc(NCc2ccc(Br)cc2)c1. The zero-order valence-corrected chi connectivity index (χ0v) is 13.9. The van der Waals surface area contributed by atoms with E-state index in [9.17, 15) is 4.79 Å². The zero-order valence-electron chi connectivity index (χ0n) is 12.3. The van der Waals surface area contributed by atoms with Gasteiger partial charge in [0.25, 0.3) is 0 Å². The molecule has 0 aliphatic heterocycles. The first kappa shape index (κ1) is 15.6. The van der Waals surface area contributed by atoms with E-state index >= 15 is 0 Å². The molecule has 1 amide bonds. The van der Waals surface area contributed by atoms with E-state index in [0.29, 0.717) is 6.54 Å². The van der Waals surface area contributed by atoms with E-state index in [0.717, 1.165) is 22.3 Å². The third-order valence-corrected chi connectivity index (χ3v) is 3.82. The van der Waals surface area contributed by atoms with Crippen LogP contribution in [0.2, 0.25) is 0 Å². The van der Waals surface area contributed by atoms with Crippen LogP contribution in [0.1, 0.15) is 18.1 Å². The topological polar surface area (TPSA) is 32.3 Å². The van der Waals surface area contributed by atoms with Crippen LogP contribution in [0, 0.1) is 0 Å². The van der Waals surface area contributed by atoms with Gasteiger partial charge in [0.2, 0.25) is 5.91 Å². The molecule has 0 saturated carbocycles. The van der Waals surface area contributed by atoms with Gasteiger partial charge in [0.1, 0.15) is 0 Å². The Kier molecular flexibility index (Phi) is 5.39. The lowest BCUT2D eigenvalue weighted by Gasteiger charge is -2.15. The van der Waals surface area contributed by atoms with Gasteiger partial charge in [0.05, 0.1) is 0 Å². The molecule has 0 fully saturated rings. The van der Waals surface area contributed by atoms with Crippen molar-refractivity contribution in [3.63, 3.8) is 0 Å². The molecule has 3 nitrogen and oxygen atoms in total. The van der Waals surface area contributed by atoms with Gasteiger partial charge in [-0.3, -0.25) is 4.79 Å². The van der Waals surface area contributed by atoms with E-state index in [1.54, 1.807) is 11.8 Å². The molecule has 0 atom stereocenters. The van der Waals surface area contributed by atoms with Gasteiger partial charge in [-0.05, 0) is 35.4 Å². The monoisotopic (exact) mass is 346 g/mol. The van der Waals surface area contributed by atoms with E-state index < -0.39 is 0 Å². The molecule has 0 spiro atoms. The molecule has 110 valence electrons. The molecule has 21 heavy (non-hydrogen) atoms. The number of halogens is 1. The molecule has 0 saturated heterocycles. The van der Waals surface area contributed by atoms with Crippen molar-refractivity contribution in [3.05, 3.63) is 64.1 Å². The second-order valence-electron chi connectivity index (χ2n) is 5.06. The highest BCUT2D eigenvalue weighted by atomic mass is 79.9. The molecular weight excluding hydrogens is 328 g/mol. The number of benzene rings is 2. The van der Waals surface area contributed by atoms with Gasteiger partial charge in [-0.1, -0.05) is 40.2 Å². The summed E-state index contributed by atoms with van der Waals surface area (Å²) in [5.74, 6) is 0.0724. The maximum absolute atomic E-state index is 11.3. The van der Waals surface area contributed by atoms with Gasteiger partial charge >= 0.3 is 0 Å². The lowest BCUT2D eigenvalue weighted by Crippen LogP contribution is -2.22. The van der Waals surface area contributed by atoms with E-state index in [-0.39, 0.29) is 5.91 Å². The highest BCUT2D eigenvalue weighted by Crippen LogP contribution is 2.15. The number of hydrogen-bond donors (Lipinski definition) is 1. The Morgan fingerprint density at radius 3 is 2.52 bits per heavy atom. The maximum atomic E-state index is 11.3. The fourth-order valence-corrected chi connectivity index (χ4v) is 2.24. The van der Waals surface area contributed by atoms with Gasteiger partial charge in [0, 0.05) is 37.2 Å². The summed E-state index contributed by atoms with van der Waals surface area (Å²) < 4.78 is 1.08. The lowest BCUT2D eigenvalue weighted by molar-refractivity contribution is -0.128. The fraction of sp³-hybridized carbons (Fsp3) is 0.235. The number of carbonyl (C=O) groups excluding carboxylic acids is 1. The van der Waals surface area contributed by atoms with E-state index in [2.05, 4.69) is 39.4 Å². The molecule has 2 rings (SSSR count). The Morgan fingerprint density at radius 2 is 1.86 bits per heavy atom. The predicted molar refractivity (Wildman–Crippen MR) is 90.1 cm³/mol. The molecule has 0 radical (unpaired) electrons. The average molecular weight is 347 g/mol. The maximum Gasteiger partial charge on any atom is 0.219 e. The van der Waals surface area contributed by atoms with Crippen LogP contribution in [0.3, 0.4) is 0 Å². The summed E-state index contributed by atoms with van der Waals surface area (Å²) in [6, 6.07) is 16.4. The number of carbonyl (C=O) groups is 1. The minimum atomic E-state index is 0.0724. The summed E-state index contributed by atoms with van der Waals surface area (Å²) in [7, 11) is 1.81. The molecule has 2 aromatic carbocycles. The molecule has 2 aromatic rings. The third kappa shape index (κ3) is 4.90. The summed E-state index contributed by atoms with van der Waals surface area (Å²) in [6.07, 6.45) is 0. The van der Waals surface area contributed by atoms with Crippen molar-refractivity contribution in [1.82, 2.24) is 4.90 Å². The number of amides is 1. The highest BCUT2D eigenvalue weighted by Gasteiger charge is 2.04. The van der Waals surface area contributed by atoms with Gasteiger partial charge in [-0.2, -0.15) is 0 Å². The Morgan fingerprint density at radius 1 is 1.14 bits per heavy atom. The summed E-state index contributed by atoms with van der Waals surface area (Å²) in [5, 5.41) is 3.40. The van der Waals surface area contributed by atoms with Crippen molar-refractivity contribution in [1.29, 1.82) is 0 Å². The molecule has 0 aliphatic carbocycles. The van der Waals surface area contributed by atoms with E-state index in [4.69, 9.17) is 0 Å². The van der Waals surface area contributed by atoms with Gasteiger partial charge in [-0.25, -0.2) is 0 Å². The number of rotatable bonds is 5. The first-order chi connectivity index (χ1) is 10.0. The van der Waals surface area contributed by atoms with Gasteiger partial charge < -0.3 is 10.2 Å². The second-order valence-corrected chi connectivity index (χ2v) is 5.97. The van der Waals surface area contributed by atoms with Crippen LogP contribution in [-0.4, -0.2) is 17.9 Å². The fourth-order valence-electron chi connectivity index (χ4n) is 1.97. The smallest absolute Gasteiger partial charge is 0.219 e. The van der Waals surface area contributed by atoms with Crippen LogP contribution in [0.4, 0.5) is 5.69 Å². The number of anilines is 1. The van der Waals surface area contributed by atoms with Crippen LogP contribution in [0.25, 0.3) is 0 Å². The summed E-state index contributed by atoms with van der Waals surface area (Å²) in [6.45, 7) is 2.98. The van der Waals surface area contributed by atoms with Gasteiger partial charge in [0.15, 0.2) is 0 Å². The van der Waals surface area contributed by atoms with Crippen LogP contribution in [-0.2, 0) is 17.9 Å². The third-order valence-electron chi connectivity index (χ3n) is 3.29. The van der Waals surface area contributed by atoms with Crippen LogP contribution in [0.5, 0.6) is 0 Å². The standard InChI is InChI=1S/C17H19BrN2O/c1-13(21)20(2)12-15-4-3-5-17(10-15)19-11-14-6-8-16(18)9-7-14/h3-10,19H,11-12H2,1-2H3. The molecule has 0 aromatic heterocycles. The van der Waals surface area contributed by atoms with E-state index in [1.807, 2.05) is 37.4 Å². The normalized spacial score (nSPS) is 10.2. The van der Waals surface area contributed by atoms with Crippen molar-refractivity contribution in [2.24, 2.45) is 0 Å². The van der Waals surface area contributed by atoms with Crippen molar-refractivity contribution >= 4 is 27.5 Å². The number of nitrogens with one attached hydrogen (secondary N) is 1. The predicted octanol–water partition coefficient (Wildman–Crippen LogP) is 4.04. The van der Waals surface area contributed by atoms with Crippen LogP contribution >= 0.6 is 15.9 Å². The first-order valence-electron chi connectivity index (χ1n) is 6.83. The minimum Gasteiger partial charge on any atom is -0.381 e. The average Bonchev–Trinajstić information content (AvgIpc) is 2.47. The zero-order chi connectivity index (χ0) is 15.2. The van der Waals surface area contributed by atoms with Crippen LogP contribution < -0.4 is 5.32 Å². The Labute approximate surface area is 134 Å². The minimum absolute atomic E-state index is 0.0724.